The van der Waals surface area contributed by atoms with Gasteiger partial charge in [0.1, 0.15) is 11.6 Å². The lowest BCUT2D eigenvalue weighted by molar-refractivity contribution is 0.0952. The van der Waals surface area contributed by atoms with Crippen molar-refractivity contribution in [2.75, 3.05) is 19.7 Å². The van der Waals surface area contributed by atoms with E-state index in [0.29, 0.717) is 6.54 Å². The summed E-state index contributed by atoms with van der Waals surface area (Å²) in [5, 5.41) is 2.91. The van der Waals surface area contributed by atoms with E-state index in [2.05, 4.69) is 5.32 Å². The maximum absolute atomic E-state index is 13.3. The zero-order chi connectivity index (χ0) is 13.0. The third-order valence-corrected chi connectivity index (χ3v) is 2.91. The van der Waals surface area contributed by atoms with Gasteiger partial charge in [-0.2, -0.15) is 0 Å². The molecule has 1 N–H and O–H groups in total. The molecule has 1 fully saturated rings. The average molecular weight is 255 g/mol. The maximum atomic E-state index is 13.3. The zero-order valence-electron chi connectivity index (χ0n) is 9.92. The van der Waals surface area contributed by atoms with E-state index >= 15 is 0 Å². The molecule has 0 bridgehead atoms. The van der Waals surface area contributed by atoms with Crippen molar-refractivity contribution in [2.24, 2.45) is 0 Å². The van der Waals surface area contributed by atoms with Gasteiger partial charge in [-0.1, -0.05) is 0 Å². The van der Waals surface area contributed by atoms with Gasteiger partial charge in [-0.25, -0.2) is 8.78 Å². The molecule has 1 atom stereocenters. The van der Waals surface area contributed by atoms with E-state index in [9.17, 15) is 13.6 Å². The van der Waals surface area contributed by atoms with E-state index < -0.39 is 17.4 Å². The highest BCUT2D eigenvalue weighted by molar-refractivity contribution is 5.97. The second-order valence-corrected chi connectivity index (χ2v) is 4.31. The highest BCUT2D eigenvalue weighted by Crippen LogP contribution is 2.12. The Morgan fingerprint density at radius 1 is 1.44 bits per heavy atom. The first-order valence-corrected chi connectivity index (χ1v) is 5.97. The predicted molar refractivity (Wildman–Crippen MR) is 62.5 cm³/mol. The molecule has 0 radical (unpaired) electrons. The molecule has 0 amide bonds. The fourth-order valence-corrected chi connectivity index (χ4v) is 1.96. The van der Waals surface area contributed by atoms with Gasteiger partial charge in [0.2, 0.25) is 0 Å². The topological polar surface area (TPSA) is 38.3 Å². The van der Waals surface area contributed by atoms with Gasteiger partial charge in [-0.15, -0.1) is 0 Å². The van der Waals surface area contributed by atoms with Crippen molar-refractivity contribution < 1.29 is 18.3 Å². The van der Waals surface area contributed by atoms with E-state index in [1.165, 1.54) is 0 Å². The van der Waals surface area contributed by atoms with Crippen molar-refractivity contribution in [3.8, 4) is 0 Å². The van der Waals surface area contributed by atoms with E-state index in [-0.39, 0.29) is 18.2 Å². The van der Waals surface area contributed by atoms with Crippen LogP contribution >= 0.6 is 0 Å². The summed E-state index contributed by atoms with van der Waals surface area (Å²) in [5.41, 5.74) is -0.213. The van der Waals surface area contributed by atoms with Crippen LogP contribution < -0.4 is 5.32 Å². The lowest BCUT2D eigenvalue weighted by atomic mass is 10.1. The fourth-order valence-electron chi connectivity index (χ4n) is 1.96. The van der Waals surface area contributed by atoms with Crippen molar-refractivity contribution in [3.05, 3.63) is 35.4 Å². The summed E-state index contributed by atoms with van der Waals surface area (Å²) in [5.74, 6) is -1.76. The number of carbonyl (C=O) groups is 1. The lowest BCUT2D eigenvalue weighted by Crippen LogP contribution is -2.31. The van der Waals surface area contributed by atoms with Crippen LogP contribution in [0.15, 0.2) is 18.2 Å². The van der Waals surface area contributed by atoms with E-state index in [0.717, 1.165) is 37.6 Å². The number of hydrogen-bond donors (Lipinski definition) is 1. The van der Waals surface area contributed by atoms with Gasteiger partial charge in [0.15, 0.2) is 5.78 Å². The van der Waals surface area contributed by atoms with Crippen LogP contribution in [0.1, 0.15) is 23.2 Å². The number of ether oxygens (including phenoxy) is 1. The number of Topliss-reactive ketones (excluding diaryl/α,β-unsaturated/α-hetero) is 1. The summed E-state index contributed by atoms with van der Waals surface area (Å²) in [7, 11) is 0. The van der Waals surface area contributed by atoms with Crippen molar-refractivity contribution in [3.63, 3.8) is 0 Å². The van der Waals surface area contributed by atoms with Crippen LogP contribution in [0.2, 0.25) is 0 Å². The lowest BCUT2D eigenvalue weighted by Gasteiger charge is -2.10. The Kier molecular flexibility index (Phi) is 4.38. The van der Waals surface area contributed by atoms with Crippen molar-refractivity contribution in [2.45, 2.75) is 18.9 Å². The molecule has 1 aliphatic heterocycles. The van der Waals surface area contributed by atoms with Crippen LogP contribution in [0.5, 0.6) is 0 Å². The molecule has 1 aliphatic rings. The molecular weight excluding hydrogens is 240 g/mol. The number of nitrogens with one attached hydrogen (secondary N) is 1. The predicted octanol–water partition coefficient (Wildman–Crippen LogP) is 1.92. The number of hydrogen-bond acceptors (Lipinski definition) is 3. The molecule has 0 aliphatic carbocycles. The second-order valence-electron chi connectivity index (χ2n) is 4.31. The molecule has 18 heavy (non-hydrogen) atoms. The number of halogens is 2. The number of rotatable bonds is 5. The van der Waals surface area contributed by atoms with Crippen LogP contribution in [0, 0.1) is 11.6 Å². The molecule has 1 aromatic carbocycles. The van der Waals surface area contributed by atoms with Crippen molar-refractivity contribution >= 4 is 5.78 Å². The van der Waals surface area contributed by atoms with Crippen LogP contribution in [-0.2, 0) is 4.74 Å². The second kappa shape index (κ2) is 6.02. The van der Waals surface area contributed by atoms with Crippen molar-refractivity contribution in [1.29, 1.82) is 0 Å². The molecule has 0 spiro atoms. The van der Waals surface area contributed by atoms with Gasteiger partial charge in [0, 0.05) is 13.2 Å². The Bertz CT molecular complexity index is 431. The number of carbonyl (C=O) groups excluding carboxylic acids is 1. The van der Waals surface area contributed by atoms with Crippen LogP contribution in [0.4, 0.5) is 8.78 Å². The van der Waals surface area contributed by atoms with Gasteiger partial charge in [-0.05, 0) is 31.0 Å². The van der Waals surface area contributed by atoms with Gasteiger partial charge in [0.05, 0.1) is 18.2 Å². The first kappa shape index (κ1) is 13.1. The standard InChI is InChI=1S/C13H15F2NO2/c14-9-3-4-12(15)11(6-9)13(17)8-16-7-10-2-1-5-18-10/h3-4,6,10,16H,1-2,5,7-8H2. The molecule has 3 nitrogen and oxygen atoms in total. The molecule has 1 saturated heterocycles. The van der Waals surface area contributed by atoms with Crippen LogP contribution in [0.25, 0.3) is 0 Å². The summed E-state index contributed by atoms with van der Waals surface area (Å²) >= 11 is 0. The Labute approximate surface area is 104 Å². The first-order chi connectivity index (χ1) is 8.66. The number of benzene rings is 1. The smallest absolute Gasteiger partial charge is 0.179 e. The molecule has 0 aromatic heterocycles. The Hall–Kier alpha value is -1.33. The SMILES string of the molecule is O=C(CNCC1CCCO1)c1cc(F)ccc1F. The minimum absolute atomic E-state index is 0.0137. The summed E-state index contributed by atoms with van der Waals surface area (Å²) < 4.78 is 31.6. The quantitative estimate of drug-likeness (QED) is 0.817. The minimum atomic E-state index is -0.694. The zero-order valence-corrected chi connectivity index (χ0v) is 9.92. The fraction of sp³-hybridized carbons (Fsp3) is 0.462. The van der Waals surface area contributed by atoms with Gasteiger partial charge in [0.25, 0.3) is 0 Å². The maximum Gasteiger partial charge on any atom is 0.179 e. The molecule has 1 aromatic rings. The highest BCUT2D eigenvalue weighted by Gasteiger charge is 2.16. The van der Waals surface area contributed by atoms with E-state index in [1.807, 2.05) is 0 Å². The number of ketones is 1. The molecular formula is C13H15F2NO2. The van der Waals surface area contributed by atoms with E-state index in [4.69, 9.17) is 4.74 Å². The monoisotopic (exact) mass is 255 g/mol. The summed E-state index contributed by atoms with van der Waals surface area (Å²) in [6.45, 7) is 1.29. The Morgan fingerprint density at radius 3 is 3.00 bits per heavy atom. The third kappa shape index (κ3) is 3.34. The van der Waals surface area contributed by atoms with Gasteiger partial charge in [-0.3, -0.25) is 4.79 Å². The van der Waals surface area contributed by atoms with Crippen LogP contribution in [-0.4, -0.2) is 31.6 Å². The van der Waals surface area contributed by atoms with Gasteiger partial charge >= 0.3 is 0 Å². The molecule has 1 unspecified atom stereocenters. The Balaban J connectivity index is 1.85. The van der Waals surface area contributed by atoms with Crippen LogP contribution in [0.3, 0.4) is 0 Å². The Morgan fingerprint density at radius 2 is 2.28 bits per heavy atom. The molecule has 98 valence electrons. The summed E-state index contributed by atoms with van der Waals surface area (Å²) in [4.78, 5) is 11.7. The summed E-state index contributed by atoms with van der Waals surface area (Å²) in [6.07, 6.45) is 2.11. The molecule has 2 rings (SSSR count). The van der Waals surface area contributed by atoms with Gasteiger partial charge < -0.3 is 10.1 Å². The molecule has 1 heterocycles. The first-order valence-electron chi connectivity index (χ1n) is 5.97. The normalized spacial score (nSPS) is 19.1. The molecule has 0 saturated carbocycles. The van der Waals surface area contributed by atoms with Crippen molar-refractivity contribution in [1.82, 2.24) is 5.32 Å². The average Bonchev–Trinajstić information content (AvgIpc) is 2.85. The third-order valence-electron chi connectivity index (χ3n) is 2.91. The largest absolute Gasteiger partial charge is 0.377 e. The summed E-state index contributed by atoms with van der Waals surface area (Å²) in [6, 6.07) is 2.87. The highest BCUT2D eigenvalue weighted by atomic mass is 19.1. The molecule has 5 heteroatoms. The minimum Gasteiger partial charge on any atom is -0.377 e. The van der Waals surface area contributed by atoms with E-state index in [1.54, 1.807) is 0 Å².